The van der Waals surface area contributed by atoms with Crippen LogP contribution in [-0.2, 0) is 14.3 Å². The van der Waals surface area contributed by atoms with Crippen molar-refractivity contribution in [2.45, 2.75) is 12.5 Å². The Balaban J connectivity index is 1.80. The standard InChI is InChI=1S/C12H14O3/c13-12-4-2-1-3-10(12)5-8-15-11-6-7-14-9-11/h1-5,8,10-11H,6-7,9H2. The Bertz CT molecular complexity index is 309. The molecule has 80 valence electrons. The quantitative estimate of drug-likeness (QED) is 0.658. The van der Waals surface area contributed by atoms with Gasteiger partial charge in [0.1, 0.15) is 6.10 Å². The van der Waals surface area contributed by atoms with E-state index in [4.69, 9.17) is 9.47 Å². The first-order chi connectivity index (χ1) is 7.36. The van der Waals surface area contributed by atoms with Crippen LogP contribution in [0.15, 0.2) is 36.6 Å². The Morgan fingerprint density at radius 3 is 3.13 bits per heavy atom. The number of ketones is 1. The minimum atomic E-state index is -0.169. The smallest absolute Gasteiger partial charge is 0.166 e. The zero-order valence-corrected chi connectivity index (χ0v) is 8.46. The molecule has 15 heavy (non-hydrogen) atoms. The number of carbonyl (C=O) groups is 1. The van der Waals surface area contributed by atoms with Crippen molar-refractivity contribution >= 4 is 5.78 Å². The highest BCUT2D eigenvalue weighted by Crippen LogP contribution is 2.12. The second-order valence-electron chi connectivity index (χ2n) is 3.62. The molecule has 1 aliphatic carbocycles. The zero-order chi connectivity index (χ0) is 10.5. The molecular weight excluding hydrogens is 192 g/mol. The van der Waals surface area contributed by atoms with E-state index in [1.165, 1.54) is 0 Å². The van der Waals surface area contributed by atoms with Gasteiger partial charge in [0, 0.05) is 6.42 Å². The number of hydrogen-bond acceptors (Lipinski definition) is 3. The summed E-state index contributed by atoms with van der Waals surface area (Å²) < 4.78 is 10.6. The Morgan fingerprint density at radius 2 is 2.40 bits per heavy atom. The lowest BCUT2D eigenvalue weighted by Gasteiger charge is -2.09. The van der Waals surface area contributed by atoms with E-state index in [1.54, 1.807) is 24.5 Å². The van der Waals surface area contributed by atoms with Crippen molar-refractivity contribution in [2.75, 3.05) is 13.2 Å². The summed E-state index contributed by atoms with van der Waals surface area (Å²) in [5, 5.41) is 0. The summed E-state index contributed by atoms with van der Waals surface area (Å²) in [6.07, 6.45) is 11.5. The molecule has 0 radical (unpaired) electrons. The van der Waals surface area contributed by atoms with Crippen molar-refractivity contribution in [2.24, 2.45) is 5.92 Å². The van der Waals surface area contributed by atoms with Gasteiger partial charge in [-0.3, -0.25) is 4.79 Å². The van der Waals surface area contributed by atoms with Gasteiger partial charge in [-0.15, -0.1) is 0 Å². The van der Waals surface area contributed by atoms with Crippen molar-refractivity contribution in [1.29, 1.82) is 0 Å². The Kier molecular flexibility index (Phi) is 3.35. The molecule has 0 amide bonds. The molecule has 3 nitrogen and oxygen atoms in total. The van der Waals surface area contributed by atoms with Crippen molar-refractivity contribution in [3.05, 3.63) is 36.6 Å². The molecule has 0 saturated carbocycles. The minimum Gasteiger partial charge on any atom is -0.496 e. The highest BCUT2D eigenvalue weighted by Gasteiger charge is 2.16. The summed E-state index contributed by atoms with van der Waals surface area (Å²) in [7, 11) is 0. The molecule has 1 aliphatic heterocycles. The van der Waals surface area contributed by atoms with Crippen molar-refractivity contribution in [3.8, 4) is 0 Å². The maximum absolute atomic E-state index is 11.4. The SMILES string of the molecule is O=C1C=CC=CC1C=COC1CCOC1. The molecule has 0 aromatic rings. The van der Waals surface area contributed by atoms with Crippen LogP contribution in [0.1, 0.15) is 6.42 Å². The van der Waals surface area contributed by atoms with Gasteiger partial charge in [0.15, 0.2) is 5.78 Å². The second-order valence-corrected chi connectivity index (χ2v) is 3.62. The van der Waals surface area contributed by atoms with Crippen LogP contribution in [0.3, 0.4) is 0 Å². The van der Waals surface area contributed by atoms with Gasteiger partial charge in [0.2, 0.25) is 0 Å². The van der Waals surface area contributed by atoms with Gasteiger partial charge >= 0.3 is 0 Å². The highest BCUT2D eigenvalue weighted by atomic mass is 16.5. The molecule has 2 atom stereocenters. The second kappa shape index (κ2) is 4.94. The van der Waals surface area contributed by atoms with Crippen LogP contribution in [0.5, 0.6) is 0 Å². The number of rotatable bonds is 3. The molecule has 3 heteroatoms. The summed E-state index contributed by atoms with van der Waals surface area (Å²) in [6, 6.07) is 0. The fourth-order valence-electron chi connectivity index (χ4n) is 1.56. The fourth-order valence-corrected chi connectivity index (χ4v) is 1.56. The minimum absolute atomic E-state index is 0.0972. The average Bonchev–Trinajstić information content (AvgIpc) is 2.74. The first-order valence-corrected chi connectivity index (χ1v) is 5.15. The average molecular weight is 206 g/mol. The molecule has 2 unspecified atom stereocenters. The predicted octanol–water partition coefficient (Wildman–Crippen LogP) is 1.62. The van der Waals surface area contributed by atoms with Gasteiger partial charge in [-0.25, -0.2) is 0 Å². The fraction of sp³-hybridized carbons (Fsp3) is 0.417. The Morgan fingerprint density at radius 1 is 1.47 bits per heavy atom. The first kappa shape index (κ1) is 10.2. The van der Waals surface area contributed by atoms with Crippen LogP contribution in [0.25, 0.3) is 0 Å². The van der Waals surface area contributed by atoms with E-state index in [0.717, 1.165) is 13.0 Å². The maximum Gasteiger partial charge on any atom is 0.166 e. The molecular formula is C12H14O3. The topological polar surface area (TPSA) is 35.5 Å². The summed E-state index contributed by atoms with van der Waals surface area (Å²) in [6.45, 7) is 1.42. The molecule has 0 aromatic heterocycles. The molecule has 1 saturated heterocycles. The lowest BCUT2D eigenvalue weighted by Crippen LogP contribution is -2.11. The zero-order valence-electron chi connectivity index (χ0n) is 8.46. The molecule has 0 bridgehead atoms. The van der Waals surface area contributed by atoms with Gasteiger partial charge in [-0.2, -0.15) is 0 Å². The van der Waals surface area contributed by atoms with Crippen molar-refractivity contribution in [1.82, 2.24) is 0 Å². The lowest BCUT2D eigenvalue weighted by atomic mass is 10.00. The van der Waals surface area contributed by atoms with Crippen LogP contribution >= 0.6 is 0 Å². The first-order valence-electron chi connectivity index (χ1n) is 5.15. The monoisotopic (exact) mass is 206 g/mol. The van der Waals surface area contributed by atoms with E-state index in [0.29, 0.717) is 6.61 Å². The number of carbonyl (C=O) groups excluding carboxylic acids is 1. The summed E-state index contributed by atoms with van der Waals surface area (Å²) >= 11 is 0. The van der Waals surface area contributed by atoms with E-state index in [2.05, 4.69) is 0 Å². The molecule has 1 fully saturated rings. The molecule has 2 aliphatic rings. The van der Waals surface area contributed by atoms with Crippen LogP contribution in [0, 0.1) is 5.92 Å². The molecule has 2 rings (SSSR count). The summed E-state index contributed by atoms with van der Waals surface area (Å²) in [5.41, 5.74) is 0. The third kappa shape index (κ3) is 2.80. The van der Waals surface area contributed by atoms with Gasteiger partial charge < -0.3 is 9.47 Å². The number of allylic oxidation sites excluding steroid dienone is 5. The summed E-state index contributed by atoms with van der Waals surface area (Å²) in [4.78, 5) is 11.4. The summed E-state index contributed by atoms with van der Waals surface area (Å²) in [5.74, 6) is -0.0719. The largest absolute Gasteiger partial charge is 0.496 e. The van der Waals surface area contributed by atoms with E-state index in [1.807, 2.05) is 12.2 Å². The third-order valence-electron chi connectivity index (χ3n) is 2.46. The van der Waals surface area contributed by atoms with Crippen LogP contribution in [-0.4, -0.2) is 25.1 Å². The van der Waals surface area contributed by atoms with Crippen molar-refractivity contribution < 1.29 is 14.3 Å². The van der Waals surface area contributed by atoms with Gasteiger partial charge in [-0.1, -0.05) is 18.2 Å². The highest BCUT2D eigenvalue weighted by molar-refractivity contribution is 5.95. The van der Waals surface area contributed by atoms with E-state index in [9.17, 15) is 4.79 Å². The maximum atomic E-state index is 11.4. The lowest BCUT2D eigenvalue weighted by molar-refractivity contribution is -0.115. The molecule has 0 aromatic carbocycles. The van der Waals surface area contributed by atoms with E-state index in [-0.39, 0.29) is 17.8 Å². The predicted molar refractivity (Wildman–Crippen MR) is 56.2 cm³/mol. The van der Waals surface area contributed by atoms with Crippen molar-refractivity contribution in [3.63, 3.8) is 0 Å². The van der Waals surface area contributed by atoms with E-state index >= 15 is 0 Å². The van der Waals surface area contributed by atoms with Crippen LogP contribution in [0.4, 0.5) is 0 Å². The third-order valence-corrected chi connectivity index (χ3v) is 2.46. The molecule has 0 N–H and O–H groups in total. The van der Waals surface area contributed by atoms with Gasteiger partial charge in [-0.05, 0) is 12.2 Å². The Hall–Kier alpha value is -1.35. The van der Waals surface area contributed by atoms with Crippen LogP contribution in [0.2, 0.25) is 0 Å². The normalized spacial score (nSPS) is 30.3. The van der Waals surface area contributed by atoms with E-state index < -0.39 is 0 Å². The van der Waals surface area contributed by atoms with Crippen LogP contribution < -0.4 is 0 Å². The molecule has 1 heterocycles. The number of hydrogen-bond donors (Lipinski definition) is 0. The van der Waals surface area contributed by atoms with Gasteiger partial charge in [0.25, 0.3) is 0 Å². The number of ether oxygens (including phenoxy) is 2. The van der Waals surface area contributed by atoms with Gasteiger partial charge in [0.05, 0.1) is 25.4 Å². The molecule has 0 spiro atoms. The Labute approximate surface area is 89.1 Å².